The second-order valence-corrected chi connectivity index (χ2v) is 11.3. The molecule has 1 aromatic carbocycles. The van der Waals surface area contributed by atoms with Gasteiger partial charge in [0.25, 0.3) is 0 Å². The molecule has 1 saturated heterocycles. The molecule has 2 aromatic rings. The second-order valence-electron chi connectivity index (χ2n) is 9.33. The zero-order valence-electron chi connectivity index (χ0n) is 18.2. The van der Waals surface area contributed by atoms with E-state index in [1.807, 2.05) is 17.7 Å². The lowest BCUT2D eigenvalue weighted by atomic mass is 9.83. The topological polar surface area (TPSA) is 75.5 Å². The number of sulfonamides is 1. The fourth-order valence-corrected chi connectivity index (χ4v) is 6.36. The van der Waals surface area contributed by atoms with Gasteiger partial charge in [0.15, 0.2) is 0 Å². The molecule has 1 saturated carbocycles. The number of fused-ring (bicyclic) bond motifs is 2. The molecule has 0 radical (unpaired) electrons. The molecule has 0 atom stereocenters. The highest BCUT2D eigenvalue weighted by molar-refractivity contribution is 7.89. The summed E-state index contributed by atoms with van der Waals surface area (Å²) < 4.78 is 68.5. The number of piperidine rings is 1. The maximum atomic E-state index is 13.1. The van der Waals surface area contributed by atoms with E-state index in [1.54, 1.807) is 4.90 Å². The first kappa shape index (κ1) is 22.4. The number of hydrogen-bond acceptors (Lipinski definition) is 4. The Morgan fingerprint density at radius 2 is 1.85 bits per heavy atom. The number of halogens is 3. The molecule has 5 rings (SSSR count). The zero-order valence-corrected chi connectivity index (χ0v) is 19.0. The molecule has 0 N–H and O–H groups in total. The normalized spacial score (nSPS) is 21.5. The van der Waals surface area contributed by atoms with Crippen molar-refractivity contribution in [3.05, 3.63) is 41.6 Å². The van der Waals surface area contributed by atoms with Crippen molar-refractivity contribution in [2.45, 2.75) is 55.6 Å². The maximum Gasteiger partial charge on any atom is 0.416 e. The monoisotopic (exact) mass is 482 g/mol. The summed E-state index contributed by atoms with van der Waals surface area (Å²) in [4.78, 5) is 14.5. The molecule has 7 nitrogen and oxygen atoms in total. The molecular formula is C22H25F3N4O3S. The summed E-state index contributed by atoms with van der Waals surface area (Å²) in [6.07, 6.45) is -1.43. The third-order valence-corrected chi connectivity index (χ3v) is 8.80. The lowest BCUT2D eigenvalue weighted by Crippen LogP contribution is -2.55. The van der Waals surface area contributed by atoms with E-state index in [0.717, 1.165) is 36.5 Å². The summed E-state index contributed by atoms with van der Waals surface area (Å²) >= 11 is 0. The van der Waals surface area contributed by atoms with Gasteiger partial charge in [-0.3, -0.25) is 9.69 Å². The summed E-state index contributed by atoms with van der Waals surface area (Å²) in [7, 11) is -4.10. The van der Waals surface area contributed by atoms with E-state index < -0.39 is 27.3 Å². The zero-order chi connectivity index (χ0) is 23.6. The first-order chi connectivity index (χ1) is 15.5. The third kappa shape index (κ3) is 3.95. The number of benzene rings is 1. The predicted octanol–water partition coefficient (Wildman–Crippen LogP) is 3.54. The molecule has 11 heteroatoms. The minimum absolute atomic E-state index is 0.0171. The fourth-order valence-electron chi connectivity index (χ4n) is 4.87. The van der Waals surface area contributed by atoms with E-state index in [4.69, 9.17) is 0 Å². The van der Waals surface area contributed by atoms with Crippen molar-refractivity contribution in [3.8, 4) is 0 Å². The number of alkyl halides is 3. The molecule has 178 valence electrons. The molecule has 1 spiro atoms. The number of nitrogens with zero attached hydrogens (tertiary/aromatic N) is 4. The summed E-state index contributed by atoms with van der Waals surface area (Å²) in [5.74, 6) is 1.29. The average Bonchev–Trinajstić information content (AvgIpc) is 3.49. The molecule has 2 fully saturated rings. The lowest BCUT2D eigenvalue weighted by Gasteiger charge is -2.46. The Balaban J connectivity index is 1.39. The third-order valence-electron chi connectivity index (χ3n) is 6.91. The molecule has 1 amide bonds. The molecule has 1 aliphatic carbocycles. The Labute approximate surface area is 190 Å². The van der Waals surface area contributed by atoms with Gasteiger partial charge in [-0.15, -0.1) is 0 Å². The molecule has 2 aliphatic heterocycles. The van der Waals surface area contributed by atoms with Crippen LogP contribution in [0.5, 0.6) is 0 Å². The molecule has 0 bridgehead atoms. The van der Waals surface area contributed by atoms with Crippen LogP contribution in [-0.2, 0) is 26.5 Å². The van der Waals surface area contributed by atoms with Gasteiger partial charge in [-0.2, -0.15) is 22.6 Å². The van der Waals surface area contributed by atoms with Crippen LogP contribution in [-0.4, -0.2) is 48.0 Å². The number of aromatic nitrogens is 2. The fraction of sp³-hybridized carbons (Fsp3) is 0.545. The first-order valence-electron chi connectivity index (χ1n) is 11.0. The molecule has 3 aliphatic rings. The summed E-state index contributed by atoms with van der Waals surface area (Å²) in [6.45, 7) is 2.75. The van der Waals surface area contributed by atoms with Gasteiger partial charge in [-0.25, -0.2) is 13.1 Å². The van der Waals surface area contributed by atoms with Gasteiger partial charge in [0.1, 0.15) is 5.82 Å². The number of aryl methyl sites for hydroxylation is 1. The minimum atomic E-state index is -4.62. The number of anilines is 1. The van der Waals surface area contributed by atoms with Crippen LogP contribution < -0.4 is 4.90 Å². The van der Waals surface area contributed by atoms with Crippen LogP contribution in [0.15, 0.2) is 35.2 Å². The standard InChI is InChI=1S/C22H25F3N4O3S/c1-15-11-19-28(14-16-5-6-16)20(30)13-21(29(19)26-15)7-9-27(10-8-21)33(31,32)18-4-2-3-17(12-18)22(23,24)25/h2-4,11-12,16H,5-10,13-14H2,1H3. The van der Waals surface area contributed by atoms with Gasteiger partial charge in [0.05, 0.1) is 28.1 Å². The maximum absolute atomic E-state index is 13.1. The van der Waals surface area contributed by atoms with Gasteiger partial charge in [0, 0.05) is 25.7 Å². The van der Waals surface area contributed by atoms with Crippen LogP contribution in [0.1, 0.15) is 43.4 Å². The average molecular weight is 483 g/mol. The number of rotatable bonds is 4. The van der Waals surface area contributed by atoms with E-state index >= 15 is 0 Å². The Morgan fingerprint density at radius 3 is 2.48 bits per heavy atom. The Bertz CT molecular complexity index is 1200. The second kappa shape index (κ2) is 7.56. The highest BCUT2D eigenvalue weighted by Gasteiger charge is 2.48. The molecule has 1 aromatic heterocycles. The minimum Gasteiger partial charge on any atom is -0.297 e. The SMILES string of the molecule is Cc1cc2n(n1)C1(CCN(S(=O)(=O)c3cccc(C(F)(F)F)c3)CC1)CC(=O)N2CC1CC1. The van der Waals surface area contributed by atoms with Crippen LogP contribution >= 0.6 is 0 Å². The van der Waals surface area contributed by atoms with Crippen molar-refractivity contribution in [1.29, 1.82) is 0 Å². The summed E-state index contributed by atoms with van der Waals surface area (Å²) in [5.41, 5.74) is -0.832. The van der Waals surface area contributed by atoms with Crippen molar-refractivity contribution in [3.63, 3.8) is 0 Å². The van der Waals surface area contributed by atoms with E-state index in [-0.39, 0.29) is 30.3 Å². The van der Waals surface area contributed by atoms with Gasteiger partial charge in [-0.05, 0) is 56.7 Å². The lowest BCUT2D eigenvalue weighted by molar-refractivity contribution is -0.137. The van der Waals surface area contributed by atoms with Crippen LogP contribution in [0.2, 0.25) is 0 Å². The molecule has 0 unspecified atom stereocenters. The number of amides is 1. The van der Waals surface area contributed by atoms with Gasteiger partial charge >= 0.3 is 6.18 Å². The van der Waals surface area contributed by atoms with E-state index in [1.165, 1.54) is 10.4 Å². The van der Waals surface area contributed by atoms with Crippen LogP contribution in [0, 0.1) is 12.8 Å². The Hall–Kier alpha value is -2.40. The Morgan fingerprint density at radius 1 is 1.15 bits per heavy atom. The number of carbonyl (C=O) groups is 1. The number of carbonyl (C=O) groups excluding carboxylic acids is 1. The van der Waals surface area contributed by atoms with Gasteiger partial charge in [0.2, 0.25) is 15.9 Å². The smallest absolute Gasteiger partial charge is 0.297 e. The molecular weight excluding hydrogens is 457 g/mol. The molecule has 3 heterocycles. The van der Waals surface area contributed by atoms with Crippen molar-refractivity contribution in [1.82, 2.24) is 14.1 Å². The van der Waals surface area contributed by atoms with Crippen molar-refractivity contribution in [2.24, 2.45) is 5.92 Å². The highest BCUT2D eigenvalue weighted by atomic mass is 32.2. The summed E-state index contributed by atoms with van der Waals surface area (Å²) in [5, 5.41) is 4.65. The van der Waals surface area contributed by atoms with Crippen molar-refractivity contribution < 1.29 is 26.4 Å². The van der Waals surface area contributed by atoms with E-state index in [0.29, 0.717) is 31.4 Å². The van der Waals surface area contributed by atoms with Gasteiger partial charge < -0.3 is 0 Å². The van der Waals surface area contributed by atoms with Crippen molar-refractivity contribution in [2.75, 3.05) is 24.5 Å². The quantitative estimate of drug-likeness (QED) is 0.668. The highest BCUT2D eigenvalue weighted by Crippen LogP contribution is 2.44. The predicted molar refractivity (Wildman–Crippen MR) is 114 cm³/mol. The van der Waals surface area contributed by atoms with E-state index in [2.05, 4.69) is 5.10 Å². The van der Waals surface area contributed by atoms with Crippen LogP contribution in [0.3, 0.4) is 0 Å². The largest absolute Gasteiger partial charge is 0.416 e. The van der Waals surface area contributed by atoms with Gasteiger partial charge in [-0.1, -0.05) is 6.07 Å². The Kier molecular flexibility index (Phi) is 5.13. The van der Waals surface area contributed by atoms with E-state index in [9.17, 15) is 26.4 Å². The first-order valence-corrected chi connectivity index (χ1v) is 12.5. The van der Waals surface area contributed by atoms with Crippen LogP contribution in [0.4, 0.5) is 19.0 Å². The number of hydrogen-bond donors (Lipinski definition) is 0. The molecule has 33 heavy (non-hydrogen) atoms. The summed E-state index contributed by atoms with van der Waals surface area (Å²) in [6, 6.07) is 5.71. The van der Waals surface area contributed by atoms with Crippen molar-refractivity contribution >= 4 is 21.7 Å². The van der Waals surface area contributed by atoms with Crippen LogP contribution in [0.25, 0.3) is 0 Å².